The van der Waals surface area contributed by atoms with Crippen LogP contribution in [0.4, 0.5) is 0 Å². The SMILES string of the molecule is NNC(Cc1cn2ccsc2n1)c1cc(Br)cs1. The Morgan fingerprint density at radius 2 is 2.39 bits per heavy atom. The lowest BCUT2D eigenvalue weighted by atomic mass is 10.1. The van der Waals surface area contributed by atoms with E-state index in [1.54, 1.807) is 22.7 Å². The predicted octanol–water partition coefficient (Wildman–Crippen LogP) is 2.97. The highest BCUT2D eigenvalue weighted by atomic mass is 79.9. The molecule has 0 aliphatic carbocycles. The van der Waals surface area contributed by atoms with Gasteiger partial charge in [0.05, 0.1) is 11.7 Å². The van der Waals surface area contributed by atoms with Crippen LogP contribution in [0.5, 0.6) is 0 Å². The number of halogens is 1. The molecular formula is C11H11BrN4S2. The lowest BCUT2D eigenvalue weighted by Gasteiger charge is -2.12. The molecule has 3 aromatic rings. The number of hydrogen-bond donors (Lipinski definition) is 2. The number of nitrogens with one attached hydrogen (secondary N) is 1. The van der Waals surface area contributed by atoms with Crippen LogP contribution in [0.25, 0.3) is 4.96 Å². The fraction of sp³-hybridized carbons (Fsp3) is 0.182. The predicted molar refractivity (Wildman–Crippen MR) is 78.9 cm³/mol. The van der Waals surface area contributed by atoms with Crippen LogP contribution in [-0.2, 0) is 6.42 Å². The molecule has 4 nitrogen and oxygen atoms in total. The Kier molecular flexibility index (Phi) is 3.49. The number of rotatable bonds is 4. The largest absolute Gasteiger partial charge is 0.297 e. The highest BCUT2D eigenvalue weighted by Gasteiger charge is 2.15. The van der Waals surface area contributed by atoms with E-state index < -0.39 is 0 Å². The van der Waals surface area contributed by atoms with Gasteiger partial charge in [0.25, 0.3) is 0 Å². The third-order valence-electron chi connectivity index (χ3n) is 2.69. The molecule has 0 amide bonds. The average molecular weight is 343 g/mol. The van der Waals surface area contributed by atoms with Crippen LogP contribution < -0.4 is 11.3 Å². The van der Waals surface area contributed by atoms with Crippen LogP contribution in [0, 0.1) is 0 Å². The molecule has 0 bridgehead atoms. The number of thiophene rings is 1. The molecule has 7 heteroatoms. The average Bonchev–Trinajstić information content (AvgIpc) is 3.00. The van der Waals surface area contributed by atoms with E-state index in [0.717, 1.165) is 21.5 Å². The minimum Gasteiger partial charge on any atom is -0.297 e. The van der Waals surface area contributed by atoms with Gasteiger partial charge in [0.2, 0.25) is 0 Å². The van der Waals surface area contributed by atoms with Crippen molar-refractivity contribution < 1.29 is 0 Å². The molecule has 0 aromatic carbocycles. The van der Waals surface area contributed by atoms with Gasteiger partial charge >= 0.3 is 0 Å². The molecule has 0 fully saturated rings. The summed E-state index contributed by atoms with van der Waals surface area (Å²) in [7, 11) is 0. The summed E-state index contributed by atoms with van der Waals surface area (Å²) in [6, 6.07) is 2.19. The smallest absolute Gasteiger partial charge is 0.193 e. The van der Waals surface area contributed by atoms with Gasteiger partial charge in [-0.15, -0.1) is 22.7 Å². The van der Waals surface area contributed by atoms with Crippen LogP contribution in [0.1, 0.15) is 16.6 Å². The Bertz CT molecular complexity index is 628. The number of imidazole rings is 1. The fourth-order valence-corrected chi connectivity index (χ4v) is 4.06. The van der Waals surface area contributed by atoms with E-state index in [1.165, 1.54) is 4.88 Å². The Labute approximate surface area is 121 Å². The number of thiazole rings is 1. The minimum atomic E-state index is 0.103. The van der Waals surface area contributed by atoms with Gasteiger partial charge in [-0.05, 0) is 22.0 Å². The van der Waals surface area contributed by atoms with Gasteiger partial charge in [0, 0.05) is 38.9 Å². The van der Waals surface area contributed by atoms with Gasteiger partial charge in [0.15, 0.2) is 4.96 Å². The van der Waals surface area contributed by atoms with Crippen molar-refractivity contribution in [2.75, 3.05) is 0 Å². The second-order valence-electron chi connectivity index (χ2n) is 3.92. The molecule has 1 atom stereocenters. The first kappa shape index (κ1) is 12.3. The molecule has 1 unspecified atom stereocenters. The van der Waals surface area contributed by atoms with Crippen molar-refractivity contribution in [3.8, 4) is 0 Å². The van der Waals surface area contributed by atoms with Crippen molar-refractivity contribution in [2.45, 2.75) is 12.5 Å². The third kappa shape index (κ3) is 2.36. The van der Waals surface area contributed by atoms with Crippen molar-refractivity contribution in [3.05, 3.63) is 44.3 Å². The molecule has 3 aromatic heterocycles. The van der Waals surface area contributed by atoms with E-state index in [2.05, 4.69) is 44.0 Å². The molecule has 3 N–H and O–H groups in total. The number of nitrogens with two attached hydrogens (primary N) is 1. The first-order valence-electron chi connectivity index (χ1n) is 5.37. The maximum Gasteiger partial charge on any atom is 0.193 e. The van der Waals surface area contributed by atoms with E-state index in [1.807, 2.05) is 16.0 Å². The summed E-state index contributed by atoms with van der Waals surface area (Å²) in [6.45, 7) is 0. The Morgan fingerprint density at radius 3 is 3.06 bits per heavy atom. The lowest BCUT2D eigenvalue weighted by molar-refractivity contribution is 0.555. The summed E-state index contributed by atoms with van der Waals surface area (Å²) < 4.78 is 3.13. The number of hydrazine groups is 1. The van der Waals surface area contributed by atoms with Crippen LogP contribution in [0.15, 0.2) is 33.7 Å². The molecule has 18 heavy (non-hydrogen) atoms. The standard InChI is InChI=1S/C11H11BrN4S2/c12-7-3-10(18-6-7)9(15-13)4-8-5-16-1-2-17-11(16)14-8/h1-3,5-6,9,15H,4,13H2. The van der Waals surface area contributed by atoms with Crippen LogP contribution in [0.3, 0.4) is 0 Å². The minimum absolute atomic E-state index is 0.103. The summed E-state index contributed by atoms with van der Waals surface area (Å²) in [5.74, 6) is 5.64. The summed E-state index contributed by atoms with van der Waals surface area (Å²) in [5.41, 5.74) is 3.91. The molecule has 3 heterocycles. The zero-order valence-corrected chi connectivity index (χ0v) is 12.6. The van der Waals surface area contributed by atoms with Crippen molar-refractivity contribution in [3.63, 3.8) is 0 Å². The highest BCUT2D eigenvalue weighted by molar-refractivity contribution is 9.10. The normalized spacial score (nSPS) is 13.2. The number of nitrogens with zero attached hydrogens (tertiary/aromatic N) is 2. The number of aromatic nitrogens is 2. The zero-order chi connectivity index (χ0) is 12.5. The second kappa shape index (κ2) is 5.10. The summed E-state index contributed by atoms with van der Waals surface area (Å²) in [6.07, 6.45) is 4.86. The van der Waals surface area contributed by atoms with Crippen molar-refractivity contribution in [2.24, 2.45) is 5.84 Å². The maximum atomic E-state index is 5.64. The Balaban J connectivity index is 1.83. The second-order valence-corrected chi connectivity index (χ2v) is 6.65. The number of hydrogen-bond acceptors (Lipinski definition) is 5. The molecule has 0 spiro atoms. The van der Waals surface area contributed by atoms with Gasteiger partial charge in [-0.2, -0.15) is 0 Å². The summed E-state index contributed by atoms with van der Waals surface area (Å²) >= 11 is 6.79. The summed E-state index contributed by atoms with van der Waals surface area (Å²) in [5, 5.41) is 4.09. The highest BCUT2D eigenvalue weighted by Crippen LogP contribution is 2.27. The first-order valence-corrected chi connectivity index (χ1v) is 7.92. The lowest BCUT2D eigenvalue weighted by Crippen LogP contribution is -2.29. The van der Waals surface area contributed by atoms with Crippen LogP contribution in [0.2, 0.25) is 0 Å². The Hall–Kier alpha value is -0.730. The topological polar surface area (TPSA) is 55.3 Å². The van der Waals surface area contributed by atoms with E-state index >= 15 is 0 Å². The molecule has 0 aliphatic heterocycles. The maximum absolute atomic E-state index is 5.64. The van der Waals surface area contributed by atoms with Crippen molar-refractivity contribution in [1.29, 1.82) is 0 Å². The van der Waals surface area contributed by atoms with E-state index in [4.69, 9.17) is 5.84 Å². The number of fused-ring (bicyclic) bond motifs is 1. The van der Waals surface area contributed by atoms with Gasteiger partial charge in [-0.25, -0.2) is 4.98 Å². The molecule has 0 saturated carbocycles. The van der Waals surface area contributed by atoms with Gasteiger partial charge < -0.3 is 0 Å². The fourth-order valence-electron chi connectivity index (χ4n) is 1.84. The molecular weight excluding hydrogens is 332 g/mol. The third-order valence-corrected chi connectivity index (χ3v) is 5.27. The molecule has 0 aliphatic rings. The molecule has 0 saturated heterocycles. The van der Waals surface area contributed by atoms with Crippen LogP contribution in [-0.4, -0.2) is 9.38 Å². The zero-order valence-electron chi connectivity index (χ0n) is 9.34. The van der Waals surface area contributed by atoms with Crippen LogP contribution >= 0.6 is 38.6 Å². The monoisotopic (exact) mass is 342 g/mol. The quantitative estimate of drug-likeness (QED) is 0.566. The van der Waals surface area contributed by atoms with E-state index in [0.29, 0.717) is 0 Å². The van der Waals surface area contributed by atoms with E-state index in [-0.39, 0.29) is 6.04 Å². The van der Waals surface area contributed by atoms with E-state index in [9.17, 15) is 0 Å². The van der Waals surface area contributed by atoms with Gasteiger partial charge in [-0.3, -0.25) is 15.7 Å². The molecule has 94 valence electrons. The van der Waals surface area contributed by atoms with Gasteiger partial charge in [0.1, 0.15) is 0 Å². The first-order chi connectivity index (χ1) is 8.76. The van der Waals surface area contributed by atoms with Gasteiger partial charge in [-0.1, -0.05) is 0 Å². The molecule has 3 rings (SSSR count). The Morgan fingerprint density at radius 1 is 1.50 bits per heavy atom. The van der Waals surface area contributed by atoms with Crippen molar-refractivity contribution in [1.82, 2.24) is 14.8 Å². The van der Waals surface area contributed by atoms with Crippen molar-refractivity contribution >= 4 is 43.6 Å². The summed E-state index contributed by atoms with van der Waals surface area (Å²) in [4.78, 5) is 6.80. The molecule has 0 radical (unpaired) electrons.